The third-order valence-corrected chi connectivity index (χ3v) is 4.28. The summed E-state index contributed by atoms with van der Waals surface area (Å²) in [6, 6.07) is 6.85. The van der Waals surface area contributed by atoms with Gasteiger partial charge in [0.2, 0.25) is 0 Å². The fourth-order valence-corrected chi connectivity index (χ4v) is 2.99. The van der Waals surface area contributed by atoms with E-state index >= 15 is 0 Å². The summed E-state index contributed by atoms with van der Waals surface area (Å²) in [7, 11) is 0. The van der Waals surface area contributed by atoms with Gasteiger partial charge in [0.15, 0.2) is 0 Å². The molecule has 0 bridgehead atoms. The summed E-state index contributed by atoms with van der Waals surface area (Å²) >= 11 is 0. The lowest BCUT2D eigenvalue weighted by atomic mass is 10.0. The zero-order valence-corrected chi connectivity index (χ0v) is 13.7. The van der Waals surface area contributed by atoms with Crippen LogP contribution in [0, 0.1) is 0 Å². The lowest BCUT2D eigenvalue weighted by Crippen LogP contribution is -2.40. The van der Waals surface area contributed by atoms with Crippen molar-refractivity contribution >= 4 is 12.0 Å². The van der Waals surface area contributed by atoms with Crippen LogP contribution in [0.5, 0.6) is 0 Å². The molecule has 0 aliphatic carbocycles. The van der Waals surface area contributed by atoms with Crippen molar-refractivity contribution in [3.05, 3.63) is 53.4 Å². The summed E-state index contributed by atoms with van der Waals surface area (Å²) in [5.41, 5.74) is 2.01. The molecule has 2 heterocycles. The van der Waals surface area contributed by atoms with E-state index in [1.54, 1.807) is 24.3 Å². The molecule has 0 radical (unpaired) electrons. The molecular formula is C18H21FN4O. The van der Waals surface area contributed by atoms with Crippen LogP contribution >= 0.6 is 0 Å². The van der Waals surface area contributed by atoms with Gasteiger partial charge in [-0.2, -0.15) is 0 Å². The SMILES string of the molecule is C/C=C/c1cn(C2CCCN(C(=O)c3ccc(CF)cc3)C2)nn1. The van der Waals surface area contributed by atoms with Crippen LogP contribution in [0.4, 0.5) is 4.39 Å². The maximum atomic E-state index is 12.7. The van der Waals surface area contributed by atoms with Crippen molar-refractivity contribution in [2.24, 2.45) is 0 Å². The molecule has 0 saturated carbocycles. The lowest BCUT2D eigenvalue weighted by molar-refractivity contribution is 0.0672. The molecule has 6 heteroatoms. The Hall–Kier alpha value is -2.50. The predicted octanol–water partition coefficient (Wildman–Crippen LogP) is 3.26. The zero-order valence-electron chi connectivity index (χ0n) is 13.7. The molecule has 1 aromatic carbocycles. The van der Waals surface area contributed by atoms with Crippen molar-refractivity contribution in [1.29, 1.82) is 0 Å². The van der Waals surface area contributed by atoms with Gasteiger partial charge in [-0.25, -0.2) is 9.07 Å². The molecular weight excluding hydrogens is 307 g/mol. The van der Waals surface area contributed by atoms with Crippen molar-refractivity contribution in [2.75, 3.05) is 13.1 Å². The van der Waals surface area contributed by atoms with Gasteiger partial charge in [-0.15, -0.1) is 5.10 Å². The Morgan fingerprint density at radius 1 is 1.38 bits per heavy atom. The second-order valence-electron chi connectivity index (χ2n) is 6.00. The summed E-state index contributed by atoms with van der Waals surface area (Å²) < 4.78 is 14.4. The van der Waals surface area contributed by atoms with Gasteiger partial charge in [0.05, 0.1) is 12.2 Å². The van der Waals surface area contributed by atoms with Gasteiger partial charge < -0.3 is 4.90 Å². The number of carbonyl (C=O) groups excluding carboxylic acids is 1. The van der Waals surface area contributed by atoms with E-state index in [1.165, 1.54) is 0 Å². The van der Waals surface area contributed by atoms with Crippen LogP contribution in [0.15, 0.2) is 36.5 Å². The van der Waals surface area contributed by atoms with Crippen LogP contribution in [0.25, 0.3) is 6.08 Å². The topological polar surface area (TPSA) is 51.0 Å². The summed E-state index contributed by atoms with van der Waals surface area (Å²) in [4.78, 5) is 14.5. The van der Waals surface area contributed by atoms with E-state index in [0.717, 1.165) is 25.1 Å². The van der Waals surface area contributed by atoms with Crippen molar-refractivity contribution < 1.29 is 9.18 Å². The maximum absolute atomic E-state index is 12.7. The Kier molecular flexibility index (Phi) is 5.03. The van der Waals surface area contributed by atoms with E-state index in [1.807, 2.05) is 34.9 Å². The van der Waals surface area contributed by atoms with Crippen LogP contribution in [-0.2, 0) is 6.67 Å². The molecule has 0 N–H and O–H groups in total. The van der Waals surface area contributed by atoms with Crippen molar-refractivity contribution in [3.63, 3.8) is 0 Å². The number of alkyl halides is 1. The Bertz CT molecular complexity index is 723. The molecule has 1 atom stereocenters. The highest BCUT2D eigenvalue weighted by Gasteiger charge is 2.26. The Balaban J connectivity index is 1.70. The number of hydrogen-bond acceptors (Lipinski definition) is 3. The van der Waals surface area contributed by atoms with E-state index in [4.69, 9.17) is 0 Å². The number of hydrogen-bond donors (Lipinski definition) is 0. The van der Waals surface area contributed by atoms with E-state index < -0.39 is 6.67 Å². The van der Waals surface area contributed by atoms with Gasteiger partial charge in [0.25, 0.3) is 5.91 Å². The first-order valence-corrected chi connectivity index (χ1v) is 8.20. The fraction of sp³-hybridized carbons (Fsp3) is 0.389. The second kappa shape index (κ2) is 7.38. The minimum Gasteiger partial charge on any atom is -0.337 e. The van der Waals surface area contributed by atoms with Gasteiger partial charge in [-0.05, 0) is 43.5 Å². The van der Waals surface area contributed by atoms with E-state index in [0.29, 0.717) is 17.7 Å². The Morgan fingerprint density at radius 2 is 2.17 bits per heavy atom. The number of aromatic nitrogens is 3. The molecule has 0 spiro atoms. The normalized spacial score (nSPS) is 18.2. The molecule has 1 fully saturated rings. The van der Waals surface area contributed by atoms with E-state index in [2.05, 4.69) is 10.3 Å². The van der Waals surface area contributed by atoms with E-state index in [9.17, 15) is 9.18 Å². The average Bonchev–Trinajstić information content (AvgIpc) is 3.10. The number of allylic oxidation sites excluding steroid dienone is 1. The first kappa shape index (κ1) is 16.4. The predicted molar refractivity (Wildman–Crippen MR) is 90.2 cm³/mol. The molecule has 1 aliphatic heterocycles. The number of piperidine rings is 1. The van der Waals surface area contributed by atoms with Crippen LogP contribution in [0.1, 0.15) is 47.4 Å². The Morgan fingerprint density at radius 3 is 2.88 bits per heavy atom. The van der Waals surface area contributed by atoms with Gasteiger partial charge >= 0.3 is 0 Å². The van der Waals surface area contributed by atoms with Gasteiger partial charge in [-0.1, -0.05) is 23.4 Å². The molecule has 24 heavy (non-hydrogen) atoms. The molecule has 1 unspecified atom stereocenters. The van der Waals surface area contributed by atoms with E-state index in [-0.39, 0.29) is 11.9 Å². The van der Waals surface area contributed by atoms with Crippen molar-refractivity contribution in [2.45, 2.75) is 32.5 Å². The summed E-state index contributed by atoms with van der Waals surface area (Å²) in [5.74, 6) is -0.0149. The fourth-order valence-electron chi connectivity index (χ4n) is 2.99. The molecule has 1 saturated heterocycles. The molecule has 1 amide bonds. The molecule has 2 aromatic rings. The first-order valence-electron chi connectivity index (χ1n) is 8.20. The van der Waals surface area contributed by atoms with Gasteiger partial charge in [-0.3, -0.25) is 4.79 Å². The lowest BCUT2D eigenvalue weighted by Gasteiger charge is -2.32. The number of rotatable bonds is 4. The monoisotopic (exact) mass is 328 g/mol. The zero-order chi connectivity index (χ0) is 16.9. The van der Waals surface area contributed by atoms with Crippen LogP contribution in [0.3, 0.4) is 0 Å². The minimum atomic E-state index is -0.513. The van der Waals surface area contributed by atoms with Crippen molar-refractivity contribution in [3.8, 4) is 0 Å². The highest BCUT2D eigenvalue weighted by atomic mass is 19.1. The van der Waals surface area contributed by atoms with Gasteiger partial charge in [0, 0.05) is 18.7 Å². The molecule has 3 rings (SSSR count). The highest BCUT2D eigenvalue weighted by Crippen LogP contribution is 2.22. The molecule has 5 nitrogen and oxygen atoms in total. The third-order valence-electron chi connectivity index (χ3n) is 4.28. The average molecular weight is 328 g/mol. The summed E-state index contributed by atoms with van der Waals surface area (Å²) in [6.45, 7) is 2.77. The second-order valence-corrected chi connectivity index (χ2v) is 6.00. The maximum Gasteiger partial charge on any atom is 0.253 e. The quantitative estimate of drug-likeness (QED) is 0.865. The standard InChI is InChI=1S/C18H21FN4O/c1-2-4-16-12-23(21-20-16)17-5-3-10-22(13-17)18(24)15-8-6-14(11-19)7-9-15/h2,4,6-9,12,17H,3,5,10-11,13H2,1H3/b4-2+. The number of nitrogens with zero attached hydrogens (tertiary/aromatic N) is 4. The van der Waals surface area contributed by atoms with Crippen LogP contribution in [-0.4, -0.2) is 38.9 Å². The smallest absolute Gasteiger partial charge is 0.253 e. The largest absolute Gasteiger partial charge is 0.337 e. The Labute approximate surface area is 140 Å². The number of amides is 1. The van der Waals surface area contributed by atoms with Gasteiger partial charge in [0.1, 0.15) is 12.4 Å². The molecule has 1 aliphatic rings. The van der Waals surface area contributed by atoms with Crippen LogP contribution in [0.2, 0.25) is 0 Å². The third kappa shape index (κ3) is 3.53. The minimum absolute atomic E-state index is 0.0149. The molecule has 126 valence electrons. The number of carbonyl (C=O) groups is 1. The molecule has 1 aromatic heterocycles. The number of benzene rings is 1. The van der Waals surface area contributed by atoms with Crippen LogP contribution < -0.4 is 0 Å². The number of likely N-dealkylation sites (tertiary alicyclic amines) is 1. The first-order chi connectivity index (χ1) is 11.7. The summed E-state index contributed by atoms with van der Waals surface area (Å²) in [6.07, 6.45) is 7.64. The number of halogens is 1. The summed E-state index contributed by atoms with van der Waals surface area (Å²) in [5, 5.41) is 8.30. The van der Waals surface area contributed by atoms with Crippen molar-refractivity contribution in [1.82, 2.24) is 19.9 Å². The highest BCUT2D eigenvalue weighted by molar-refractivity contribution is 5.94.